The number of aromatic hydroxyl groups is 4. The van der Waals surface area contributed by atoms with Crippen molar-refractivity contribution in [2.24, 2.45) is 0 Å². The van der Waals surface area contributed by atoms with Gasteiger partial charge in [-0.1, -0.05) is 12.1 Å². The monoisotopic (exact) mass is 260 g/mol. The normalized spacial score (nSPS) is 10.6. The smallest absolute Gasteiger partial charge is 0.200 e. The molecule has 0 fully saturated rings. The molecule has 2 aromatic carbocycles. The molecule has 0 atom stereocenters. The molecule has 0 unspecified atom stereocenters. The minimum Gasteiger partial charge on any atom is -0.508 e. The molecule has 0 aromatic heterocycles. The first-order valence-corrected chi connectivity index (χ1v) is 5.92. The molecule has 4 nitrogen and oxygen atoms in total. The van der Waals surface area contributed by atoms with E-state index in [2.05, 4.69) is 0 Å². The Bertz CT molecular complexity index is 577. The summed E-state index contributed by atoms with van der Waals surface area (Å²) in [5.41, 5.74) is 3.19. The summed E-state index contributed by atoms with van der Waals surface area (Å²) in [6.07, 6.45) is 0.409. The molecule has 0 saturated heterocycles. The van der Waals surface area contributed by atoms with Gasteiger partial charge in [0.1, 0.15) is 5.75 Å². The van der Waals surface area contributed by atoms with E-state index in [9.17, 15) is 20.4 Å². The average Bonchev–Trinajstić information content (AvgIpc) is 2.39. The number of hydrogen-bond acceptors (Lipinski definition) is 4. The van der Waals surface area contributed by atoms with Crippen LogP contribution in [0.2, 0.25) is 0 Å². The van der Waals surface area contributed by atoms with Gasteiger partial charge >= 0.3 is 0 Å². The first-order chi connectivity index (χ1) is 8.91. The summed E-state index contributed by atoms with van der Waals surface area (Å²) in [5, 5.41) is 38.2. The van der Waals surface area contributed by atoms with Gasteiger partial charge < -0.3 is 20.4 Å². The van der Waals surface area contributed by atoms with Gasteiger partial charge in [-0.2, -0.15) is 0 Å². The number of hydrogen-bond donors (Lipinski definition) is 4. The highest BCUT2D eigenvalue weighted by Crippen LogP contribution is 2.38. The molecule has 2 rings (SSSR count). The molecular formula is C15H16O4. The Balaban J connectivity index is 2.43. The second-order valence-electron chi connectivity index (χ2n) is 4.61. The molecule has 0 heterocycles. The summed E-state index contributed by atoms with van der Waals surface area (Å²) >= 11 is 0. The second kappa shape index (κ2) is 4.72. The second-order valence-corrected chi connectivity index (χ2v) is 4.61. The van der Waals surface area contributed by atoms with Crippen LogP contribution in [0.1, 0.15) is 22.3 Å². The van der Waals surface area contributed by atoms with Gasteiger partial charge in [0, 0.05) is 12.0 Å². The van der Waals surface area contributed by atoms with Crippen molar-refractivity contribution >= 4 is 0 Å². The van der Waals surface area contributed by atoms with Crippen molar-refractivity contribution < 1.29 is 20.4 Å². The van der Waals surface area contributed by atoms with Crippen molar-refractivity contribution in [1.82, 2.24) is 0 Å². The van der Waals surface area contributed by atoms with E-state index in [4.69, 9.17) is 0 Å². The zero-order chi connectivity index (χ0) is 14.2. The summed E-state index contributed by atoms with van der Waals surface area (Å²) < 4.78 is 0. The van der Waals surface area contributed by atoms with E-state index in [1.165, 1.54) is 6.07 Å². The van der Waals surface area contributed by atoms with Gasteiger partial charge in [0.05, 0.1) is 0 Å². The van der Waals surface area contributed by atoms with E-state index in [-0.39, 0.29) is 17.2 Å². The Hall–Kier alpha value is -2.36. The van der Waals surface area contributed by atoms with Gasteiger partial charge in [-0.15, -0.1) is 0 Å². The molecule has 0 radical (unpaired) electrons. The molecule has 4 N–H and O–H groups in total. The van der Waals surface area contributed by atoms with Crippen molar-refractivity contribution in [2.75, 3.05) is 0 Å². The van der Waals surface area contributed by atoms with Gasteiger partial charge in [-0.25, -0.2) is 0 Å². The van der Waals surface area contributed by atoms with E-state index < -0.39 is 5.75 Å². The molecular weight excluding hydrogens is 244 g/mol. The predicted molar refractivity (Wildman–Crippen MR) is 71.8 cm³/mol. The van der Waals surface area contributed by atoms with Gasteiger partial charge in [0.15, 0.2) is 11.5 Å². The van der Waals surface area contributed by atoms with E-state index in [0.29, 0.717) is 12.0 Å². The summed E-state index contributed by atoms with van der Waals surface area (Å²) in [7, 11) is 0. The van der Waals surface area contributed by atoms with Gasteiger partial charge in [-0.3, -0.25) is 0 Å². The Morgan fingerprint density at radius 1 is 0.684 bits per heavy atom. The van der Waals surface area contributed by atoms with Crippen LogP contribution in [0.5, 0.6) is 23.0 Å². The standard InChI is InChI=1S/C15H16O4/c1-8-9(2)12(16)5-3-10(8)7-11-4-6-13(17)15(19)14(11)18/h3-6,16-19H,7H2,1-2H3. The number of phenolic OH excluding ortho intramolecular Hbond substituents is 4. The van der Waals surface area contributed by atoms with Crippen molar-refractivity contribution in [3.8, 4) is 23.0 Å². The van der Waals surface area contributed by atoms with Crippen molar-refractivity contribution in [2.45, 2.75) is 20.3 Å². The van der Waals surface area contributed by atoms with Crippen LogP contribution in [-0.4, -0.2) is 20.4 Å². The van der Waals surface area contributed by atoms with E-state index in [1.54, 1.807) is 18.2 Å². The van der Waals surface area contributed by atoms with Crippen LogP contribution in [0.4, 0.5) is 0 Å². The molecule has 0 saturated carbocycles. The van der Waals surface area contributed by atoms with Crippen LogP contribution in [0.25, 0.3) is 0 Å². The lowest BCUT2D eigenvalue weighted by atomic mass is 9.96. The summed E-state index contributed by atoms with van der Waals surface area (Å²) in [6, 6.07) is 6.29. The molecule has 0 bridgehead atoms. The number of rotatable bonds is 2. The molecule has 19 heavy (non-hydrogen) atoms. The Morgan fingerprint density at radius 3 is 1.95 bits per heavy atom. The fraction of sp³-hybridized carbons (Fsp3) is 0.200. The summed E-state index contributed by atoms with van der Waals surface area (Å²) in [4.78, 5) is 0. The molecule has 0 spiro atoms. The van der Waals surface area contributed by atoms with Crippen LogP contribution < -0.4 is 0 Å². The maximum absolute atomic E-state index is 9.80. The fourth-order valence-corrected chi connectivity index (χ4v) is 2.01. The van der Waals surface area contributed by atoms with Crippen LogP contribution in [0.3, 0.4) is 0 Å². The van der Waals surface area contributed by atoms with Gasteiger partial charge in [-0.05, 0) is 42.7 Å². The highest BCUT2D eigenvalue weighted by Gasteiger charge is 2.13. The molecule has 100 valence electrons. The lowest BCUT2D eigenvalue weighted by Gasteiger charge is -2.12. The topological polar surface area (TPSA) is 80.9 Å². The average molecular weight is 260 g/mol. The van der Waals surface area contributed by atoms with E-state index in [1.807, 2.05) is 13.8 Å². The lowest BCUT2D eigenvalue weighted by Crippen LogP contribution is -1.95. The fourth-order valence-electron chi connectivity index (χ4n) is 2.01. The van der Waals surface area contributed by atoms with Crippen LogP contribution in [0.15, 0.2) is 24.3 Å². The maximum Gasteiger partial charge on any atom is 0.200 e. The highest BCUT2D eigenvalue weighted by atomic mass is 16.3. The van der Waals surface area contributed by atoms with Crippen molar-refractivity contribution in [1.29, 1.82) is 0 Å². The zero-order valence-electron chi connectivity index (χ0n) is 10.8. The number of benzene rings is 2. The quantitative estimate of drug-likeness (QED) is 0.626. The lowest BCUT2D eigenvalue weighted by molar-refractivity contribution is 0.365. The molecule has 4 heteroatoms. The van der Waals surface area contributed by atoms with Crippen LogP contribution in [-0.2, 0) is 6.42 Å². The van der Waals surface area contributed by atoms with Crippen molar-refractivity contribution in [3.05, 3.63) is 46.5 Å². The van der Waals surface area contributed by atoms with E-state index in [0.717, 1.165) is 16.7 Å². The molecule has 0 aliphatic heterocycles. The largest absolute Gasteiger partial charge is 0.508 e. The summed E-state index contributed by atoms with van der Waals surface area (Å²) in [5.74, 6) is -0.935. The zero-order valence-corrected chi connectivity index (χ0v) is 10.8. The Kier molecular flexibility index (Phi) is 3.25. The van der Waals surface area contributed by atoms with Gasteiger partial charge in [0.2, 0.25) is 5.75 Å². The van der Waals surface area contributed by atoms with Gasteiger partial charge in [0.25, 0.3) is 0 Å². The van der Waals surface area contributed by atoms with Crippen LogP contribution in [0, 0.1) is 13.8 Å². The van der Waals surface area contributed by atoms with Crippen LogP contribution >= 0.6 is 0 Å². The minimum absolute atomic E-state index is 0.235. The molecule has 2 aromatic rings. The minimum atomic E-state index is -0.509. The predicted octanol–water partition coefficient (Wildman–Crippen LogP) is 2.72. The Labute approximate surface area is 111 Å². The molecule has 0 aliphatic carbocycles. The number of phenols is 4. The third-order valence-electron chi connectivity index (χ3n) is 3.47. The van der Waals surface area contributed by atoms with E-state index >= 15 is 0 Å². The molecule has 0 amide bonds. The maximum atomic E-state index is 9.80. The SMILES string of the molecule is Cc1c(O)ccc(Cc2ccc(O)c(O)c2O)c1C. The highest BCUT2D eigenvalue weighted by molar-refractivity contribution is 5.55. The van der Waals surface area contributed by atoms with Crippen molar-refractivity contribution in [3.63, 3.8) is 0 Å². The third kappa shape index (κ3) is 2.29. The third-order valence-corrected chi connectivity index (χ3v) is 3.47. The summed E-state index contributed by atoms with van der Waals surface area (Å²) in [6.45, 7) is 3.71. The molecule has 0 aliphatic rings. The first kappa shape index (κ1) is 13.1. The Morgan fingerprint density at radius 2 is 1.26 bits per heavy atom. The first-order valence-electron chi connectivity index (χ1n) is 5.92.